The molecule has 0 spiro atoms. The first-order valence-corrected chi connectivity index (χ1v) is 7.88. The molecule has 19 heavy (non-hydrogen) atoms. The van der Waals surface area contributed by atoms with Crippen molar-refractivity contribution >= 4 is 0 Å². The fraction of sp³-hybridized carbons (Fsp3) is 0.647. The Kier molecular flexibility index (Phi) is 6.38. The molecule has 0 bridgehead atoms. The summed E-state index contributed by atoms with van der Waals surface area (Å²) in [5.41, 5.74) is 1.45. The summed E-state index contributed by atoms with van der Waals surface area (Å²) >= 11 is 0. The molecule has 1 unspecified atom stereocenters. The second-order valence-electron chi connectivity index (χ2n) is 5.70. The molecule has 2 heteroatoms. The van der Waals surface area contributed by atoms with Crippen LogP contribution in [0.5, 0.6) is 0 Å². The summed E-state index contributed by atoms with van der Waals surface area (Å²) in [4.78, 5) is 2.64. The minimum absolute atomic E-state index is 0.627. The molecule has 0 aliphatic carbocycles. The van der Waals surface area contributed by atoms with Crippen LogP contribution in [0.2, 0.25) is 0 Å². The number of unbranched alkanes of at least 4 members (excludes halogenated alkanes) is 3. The van der Waals surface area contributed by atoms with Gasteiger partial charge in [-0.1, -0.05) is 56.5 Å². The van der Waals surface area contributed by atoms with Crippen LogP contribution in [-0.2, 0) is 6.42 Å². The number of benzene rings is 1. The molecule has 1 aliphatic heterocycles. The van der Waals surface area contributed by atoms with Crippen molar-refractivity contribution in [3.8, 4) is 0 Å². The Morgan fingerprint density at radius 1 is 1.16 bits per heavy atom. The molecule has 1 heterocycles. The quantitative estimate of drug-likeness (QED) is 0.758. The van der Waals surface area contributed by atoms with E-state index in [4.69, 9.17) is 0 Å². The van der Waals surface area contributed by atoms with Gasteiger partial charge in [0.05, 0.1) is 0 Å². The normalized spacial score (nSPS) is 20.6. The van der Waals surface area contributed by atoms with Gasteiger partial charge in [-0.3, -0.25) is 0 Å². The number of piperazine rings is 1. The van der Waals surface area contributed by atoms with Crippen molar-refractivity contribution in [2.24, 2.45) is 0 Å². The van der Waals surface area contributed by atoms with Gasteiger partial charge in [-0.2, -0.15) is 0 Å². The molecular formula is C17H28N2. The second kappa shape index (κ2) is 8.34. The van der Waals surface area contributed by atoms with Gasteiger partial charge in [0, 0.05) is 25.7 Å². The van der Waals surface area contributed by atoms with Crippen LogP contribution in [0.4, 0.5) is 0 Å². The number of nitrogens with one attached hydrogen (secondary N) is 1. The number of nitrogens with zero attached hydrogens (tertiary/aromatic N) is 1. The fourth-order valence-electron chi connectivity index (χ4n) is 2.89. The van der Waals surface area contributed by atoms with Gasteiger partial charge in [0.15, 0.2) is 0 Å². The first kappa shape index (κ1) is 14.5. The molecule has 2 rings (SSSR count). The van der Waals surface area contributed by atoms with Crippen LogP contribution >= 0.6 is 0 Å². The Bertz CT molecular complexity index is 336. The summed E-state index contributed by atoms with van der Waals surface area (Å²) < 4.78 is 0. The van der Waals surface area contributed by atoms with Gasteiger partial charge in [-0.25, -0.2) is 0 Å². The maximum atomic E-state index is 3.66. The Labute approximate surface area is 118 Å². The van der Waals surface area contributed by atoms with E-state index >= 15 is 0 Å². The molecule has 106 valence electrons. The lowest BCUT2D eigenvalue weighted by molar-refractivity contribution is 0.195. The molecule has 1 atom stereocenters. The smallest absolute Gasteiger partial charge is 0.0235 e. The Hall–Kier alpha value is -0.860. The summed E-state index contributed by atoms with van der Waals surface area (Å²) in [5, 5.41) is 3.66. The van der Waals surface area contributed by atoms with Gasteiger partial charge in [0.1, 0.15) is 0 Å². The maximum Gasteiger partial charge on any atom is 0.0235 e. The summed E-state index contributed by atoms with van der Waals surface area (Å²) in [7, 11) is 0. The predicted octanol–water partition coefficient (Wildman–Crippen LogP) is 3.08. The lowest BCUT2D eigenvalue weighted by atomic mass is 10.0. The molecule has 1 aliphatic rings. The highest BCUT2D eigenvalue weighted by molar-refractivity contribution is 5.16. The monoisotopic (exact) mass is 260 g/mol. The molecular weight excluding hydrogens is 232 g/mol. The fourth-order valence-corrected chi connectivity index (χ4v) is 2.89. The van der Waals surface area contributed by atoms with Crippen LogP contribution in [0.3, 0.4) is 0 Å². The van der Waals surface area contributed by atoms with Crippen molar-refractivity contribution in [1.82, 2.24) is 10.2 Å². The summed E-state index contributed by atoms with van der Waals surface area (Å²) in [5.74, 6) is 0. The van der Waals surface area contributed by atoms with E-state index in [1.807, 2.05) is 0 Å². The summed E-state index contributed by atoms with van der Waals surface area (Å²) in [6, 6.07) is 11.5. The van der Waals surface area contributed by atoms with Crippen LogP contribution in [0.15, 0.2) is 30.3 Å². The predicted molar refractivity (Wildman–Crippen MR) is 82.5 cm³/mol. The molecule has 0 saturated carbocycles. The molecule has 1 aromatic carbocycles. The van der Waals surface area contributed by atoms with Gasteiger partial charge in [-0.05, 0) is 24.9 Å². The van der Waals surface area contributed by atoms with Gasteiger partial charge in [-0.15, -0.1) is 0 Å². The second-order valence-corrected chi connectivity index (χ2v) is 5.70. The average Bonchev–Trinajstić information content (AvgIpc) is 2.45. The summed E-state index contributed by atoms with van der Waals surface area (Å²) in [6.07, 6.45) is 6.64. The standard InChI is InChI=1S/C17H28N2/c1-2-3-4-8-12-19-13-11-18-17(15-19)14-16-9-6-5-7-10-16/h5-7,9-10,17-18H,2-4,8,11-15H2,1H3. The maximum absolute atomic E-state index is 3.66. The molecule has 0 aromatic heterocycles. The molecule has 1 aromatic rings. The van der Waals surface area contributed by atoms with Crippen LogP contribution in [-0.4, -0.2) is 37.1 Å². The zero-order chi connectivity index (χ0) is 13.3. The highest BCUT2D eigenvalue weighted by Crippen LogP contribution is 2.09. The van der Waals surface area contributed by atoms with E-state index in [0.29, 0.717) is 6.04 Å². The number of rotatable bonds is 7. The largest absolute Gasteiger partial charge is 0.311 e. The van der Waals surface area contributed by atoms with Crippen molar-refractivity contribution < 1.29 is 0 Å². The van der Waals surface area contributed by atoms with Crippen LogP contribution in [0.1, 0.15) is 38.2 Å². The molecule has 1 saturated heterocycles. The Balaban J connectivity index is 1.71. The lowest BCUT2D eigenvalue weighted by Gasteiger charge is -2.33. The van der Waals surface area contributed by atoms with Crippen molar-refractivity contribution in [3.05, 3.63) is 35.9 Å². The van der Waals surface area contributed by atoms with E-state index in [-0.39, 0.29) is 0 Å². The zero-order valence-electron chi connectivity index (χ0n) is 12.3. The first-order valence-electron chi connectivity index (χ1n) is 7.88. The number of hydrogen-bond acceptors (Lipinski definition) is 2. The van der Waals surface area contributed by atoms with E-state index < -0.39 is 0 Å². The van der Waals surface area contributed by atoms with E-state index in [1.165, 1.54) is 50.9 Å². The van der Waals surface area contributed by atoms with Crippen LogP contribution < -0.4 is 5.32 Å². The average molecular weight is 260 g/mol. The minimum atomic E-state index is 0.627. The Morgan fingerprint density at radius 3 is 2.79 bits per heavy atom. The minimum Gasteiger partial charge on any atom is -0.311 e. The SMILES string of the molecule is CCCCCCN1CCNC(Cc2ccccc2)C1. The zero-order valence-corrected chi connectivity index (χ0v) is 12.3. The third-order valence-electron chi connectivity index (χ3n) is 3.99. The van der Waals surface area contributed by atoms with Crippen LogP contribution in [0.25, 0.3) is 0 Å². The Morgan fingerprint density at radius 2 is 2.00 bits per heavy atom. The third kappa shape index (κ3) is 5.33. The lowest BCUT2D eigenvalue weighted by Crippen LogP contribution is -2.51. The van der Waals surface area contributed by atoms with Gasteiger partial charge in [0.2, 0.25) is 0 Å². The highest BCUT2D eigenvalue weighted by atomic mass is 15.2. The van der Waals surface area contributed by atoms with E-state index in [1.54, 1.807) is 0 Å². The topological polar surface area (TPSA) is 15.3 Å². The van der Waals surface area contributed by atoms with Crippen molar-refractivity contribution in [1.29, 1.82) is 0 Å². The third-order valence-corrected chi connectivity index (χ3v) is 3.99. The van der Waals surface area contributed by atoms with Gasteiger partial charge in [0.25, 0.3) is 0 Å². The summed E-state index contributed by atoms with van der Waals surface area (Å²) in [6.45, 7) is 7.14. The van der Waals surface area contributed by atoms with E-state index in [9.17, 15) is 0 Å². The van der Waals surface area contributed by atoms with Crippen molar-refractivity contribution in [2.75, 3.05) is 26.2 Å². The highest BCUT2D eigenvalue weighted by Gasteiger charge is 2.18. The number of hydrogen-bond donors (Lipinski definition) is 1. The first-order chi connectivity index (χ1) is 9.38. The van der Waals surface area contributed by atoms with Crippen molar-refractivity contribution in [2.45, 2.75) is 45.1 Å². The van der Waals surface area contributed by atoms with Gasteiger partial charge >= 0.3 is 0 Å². The van der Waals surface area contributed by atoms with E-state index in [2.05, 4.69) is 47.5 Å². The van der Waals surface area contributed by atoms with Crippen molar-refractivity contribution in [3.63, 3.8) is 0 Å². The molecule has 0 amide bonds. The molecule has 2 nitrogen and oxygen atoms in total. The molecule has 1 fully saturated rings. The molecule has 0 radical (unpaired) electrons. The molecule has 1 N–H and O–H groups in total. The van der Waals surface area contributed by atoms with Crippen LogP contribution in [0, 0.1) is 0 Å². The van der Waals surface area contributed by atoms with E-state index in [0.717, 1.165) is 13.0 Å². The van der Waals surface area contributed by atoms with Gasteiger partial charge < -0.3 is 10.2 Å².